The van der Waals surface area contributed by atoms with E-state index < -0.39 is 0 Å². The summed E-state index contributed by atoms with van der Waals surface area (Å²) in [5.74, 6) is 2.85. The van der Waals surface area contributed by atoms with Gasteiger partial charge < -0.3 is 29.2 Å². The Morgan fingerprint density at radius 1 is 1.11 bits per heavy atom. The number of rotatable bonds is 6. The highest BCUT2D eigenvalue weighted by Gasteiger charge is 2.30. The second-order valence-electron chi connectivity index (χ2n) is 6.93. The zero-order valence-corrected chi connectivity index (χ0v) is 17.4. The Balaban J connectivity index is 1.63. The number of morpholine rings is 1. The van der Waals surface area contributed by atoms with Crippen molar-refractivity contribution in [1.29, 1.82) is 0 Å². The molecule has 1 aromatic rings. The lowest BCUT2D eigenvalue weighted by Crippen LogP contribution is -2.46. The van der Waals surface area contributed by atoms with Gasteiger partial charge in [-0.2, -0.15) is 0 Å². The van der Waals surface area contributed by atoms with Crippen LogP contribution in [-0.2, 0) is 11.3 Å². The van der Waals surface area contributed by atoms with Crippen molar-refractivity contribution >= 4 is 5.96 Å². The Hall–Kier alpha value is -2.19. The number of aliphatic imine (C=N–C) groups is 1. The fourth-order valence-electron chi connectivity index (χ4n) is 3.98. The van der Waals surface area contributed by atoms with Crippen LogP contribution in [-0.4, -0.2) is 89.6 Å². The fraction of sp³-hybridized carbons (Fsp3) is 0.650. The molecule has 3 rings (SSSR count). The standard InChI is InChI=1S/C20H32N4O4/c1-21-20(24-8-7-16(14-24)23-9-11-28-12-10-23)22-13-15-5-6-17(25-2)19(27-4)18(15)26-3/h5-6,16H,7-14H2,1-4H3,(H,21,22). The Labute approximate surface area is 167 Å². The molecule has 1 atom stereocenters. The van der Waals surface area contributed by atoms with E-state index in [1.54, 1.807) is 21.3 Å². The first-order valence-corrected chi connectivity index (χ1v) is 9.77. The molecule has 0 bridgehead atoms. The molecule has 0 saturated carbocycles. The number of nitrogens with one attached hydrogen (secondary N) is 1. The SMILES string of the molecule is CN=C(NCc1ccc(OC)c(OC)c1OC)N1CCC(N2CCOCC2)C1. The molecule has 0 aromatic heterocycles. The van der Waals surface area contributed by atoms with Gasteiger partial charge in [0.05, 0.1) is 34.5 Å². The van der Waals surface area contributed by atoms with Crippen molar-refractivity contribution in [2.75, 3.05) is 67.8 Å². The van der Waals surface area contributed by atoms with Crippen molar-refractivity contribution < 1.29 is 18.9 Å². The van der Waals surface area contributed by atoms with Gasteiger partial charge in [-0.1, -0.05) is 0 Å². The Morgan fingerprint density at radius 3 is 2.50 bits per heavy atom. The molecule has 2 saturated heterocycles. The van der Waals surface area contributed by atoms with Crippen molar-refractivity contribution in [2.24, 2.45) is 4.99 Å². The molecule has 1 N–H and O–H groups in total. The quantitative estimate of drug-likeness (QED) is 0.576. The fourth-order valence-corrected chi connectivity index (χ4v) is 3.98. The molecule has 2 aliphatic rings. The number of hydrogen-bond acceptors (Lipinski definition) is 6. The maximum Gasteiger partial charge on any atom is 0.203 e. The van der Waals surface area contributed by atoms with Gasteiger partial charge in [-0.25, -0.2) is 0 Å². The first kappa shape index (κ1) is 20.5. The molecule has 8 nitrogen and oxygen atoms in total. The molecular formula is C20H32N4O4. The topological polar surface area (TPSA) is 67.8 Å². The van der Waals surface area contributed by atoms with Crippen molar-refractivity contribution in [2.45, 2.75) is 19.0 Å². The molecule has 1 aromatic carbocycles. The minimum absolute atomic E-state index is 0.568. The maximum atomic E-state index is 5.58. The van der Waals surface area contributed by atoms with Gasteiger partial charge in [0, 0.05) is 51.4 Å². The number of benzene rings is 1. The molecule has 8 heteroatoms. The minimum Gasteiger partial charge on any atom is -0.493 e. The zero-order chi connectivity index (χ0) is 19.9. The van der Waals surface area contributed by atoms with Gasteiger partial charge in [0.15, 0.2) is 17.5 Å². The van der Waals surface area contributed by atoms with Crippen LogP contribution < -0.4 is 19.5 Å². The van der Waals surface area contributed by atoms with E-state index in [0.717, 1.165) is 57.3 Å². The van der Waals surface area contributed by atoms with Crippen LogP contribution in [0.5, 0.6) is 17.2 Å². The van der Waals surface area contributed by atoms with E-state index in [0.29, 0.717) is 29.8 Å². The molecule has 2 heterocycles. The third-order valence-corrected chi connectivity index (χ3v) is 5.46. The van der Waals surface area contributed by atoms with Crippen LogP contribution >= 0.6 is 0 Å². The minimum atomic E-state index is 0.568. The number of likely N-dealkylation sites (tertiary alicyclic amines) is 1. The second-order valence-corrected chi connectivity index (χ2v) is 6.93. The molecule has 0 spiro atoms. The highest BCUT2D eigenvalue weighted by atomic mass is 16.5. The first-order valence-electron chi connectivity index (χ1n) is 9.77. The highest BCUT2D eigenvalue weighted by molar-refractivity contribution is 5.80. The number of guanidine groups is 1. The van der Waals surface area contributed by atoms with E-state index in [1.165, 1.54) is 0 Å². The summed E-state index contributed by atoms with van der Waals surface area (Å²) in [5, 5.41) is 3.47. The molecule has 2 fully saturated rings. The van der Waals surface area contributed by atoms with Crippen molar-refractivity contribution in [3.63, 3.8) is 0 Å². The summed E-state index contributed by atoms with van der Waals surface area (Å²) in [6.07, 6.45) is 1.15. The van der Waals surface area contributed by atoms with Crippen LogP contribution in [0, 0.1) is 0 Å². The largest absolute Gasteiger partial charge is 0.493 e. The van der Waals surface area contributed by atoms with E-state index in [2.05, 4.69) is 20.1 Å². The van der Waals surface area contributed by atoms with E-state index in [9.17, 15) is 0 Å². The molecule has 28 heavy (non-hydrogen) atoms. The molecule has 0 aliphatic carbocycles. The van der Waals surface area contributed by atoms with Gasteiger partial charge in [0.1, 0.15) is 0 Å². The summed E-state index contributed by atoms with van der Waals surface area (Å²) in [6, 6.07) is 4.45. The van der Waals surface area contributed by atoms with Crippen LogP contribution in [0.2, 0.25) is 0 Å². The van der Waals surface area contributed by atoms with Gasteiger partial charge in [0.2, 0.25) is 5.75 Å². The third-order valence-electron chi connectivity index (χ3n) is 5.46. The van der Waals surface area contributed by atoms with Crippen molar-refractivity contribution in [3.8, 4) is 17.2 Å². The summed E-state index contributed by atoms with van der Waals surface area (Å²) in [7, 11) is 6.71. The average molecular weight is 393 g/mol. The van der Waals surface area contributed by atoms with Crippen LogP contribution in [0.25, 0.3) is 0 Å². The number of ether oxygens (including phenoxy) is 4. The number of nitrogens with zero attached hydrogens (tertiary/aromatic N) is 3. The molecule has 0 radical (unpaired) electrons. The van der Waals surface area contributed by atoms with E-state index in [4.69, 9.17) is 18.9 Å². The monoisotopic (exact) mass is 392 g/mol. The Bertz CT molecular complexity index is 676. The first-order chi connectivity index (χ1) is 13.7. The lowest BCUT2D eigenvalue weighted by atomic mass is 10.1. The van der Waals surface area contributed by atoms with Crippen molar-refractivity contribution in [1.82, 2.24) is 15.1 Å². The highest BCUT2D eigenvalue weighted by Crippen LogP contribution is 2.39. The van der Waals surface area contributed by atoms with E-state index in [1.807, 2.05) is 19.2 Å². The summed E-state index contributed by atoms with van der Waals surface area (Å²) < 4.78 is 21.9. The lowest BCUT2D eigenvalue weighted by Gasteiger charge is -2.32. The molecule has 1 unspecified atom stereocenters. The Kier molecular flexibility index (Phi) is 7.22. The molecule has 0 amide bonds. The summed E-state index contributed by atoms with van der Waals surface area (Å²) in [4.78, 5) is 9.35. The smallest absolute Gasteiger partial charge is 0.203 e. The Morgan fingerprint density at radius 2 is 1.86 bits per heavy atom. The van der Waals surface area contributed by atoms with Crippen LogP contribution in [0.4, 0.5) is 0 Å². The van der Waals surface area contributed by atoms with Crippen molar-refractivity contribution in [3.05, 3.63) is 17.7 Å². The van der Waals surface area contributed by atoms with Crippen LogP contribution in [0.3, 0.4) is 0 Å². The predicted molar refractivity (Wildman–Crippen MR) is 109 cm³/mol. The van der Waals surface area contributed by atoms with Gasteiger partial charge in [-0.3, -0.25) is 9.89 Å². The lowest BCUT2D eigenvalue weighted by molar-refractivity contribution is 0.0195. The molecule has 156 valence electrons. The van der Waals surface area contributed by atoms with Gasteiger partial charge in [0.25, 0.3) is 0 Å². The number of methoxy groups -OCH3 is 3. The van der Waals surface area contributed by atoms with Gasteiger partial charge >= 0.3 is 0 Å². The van der Waals surface area contributed by atoms with Crippen LogP contribution in [0.15, 0.2) is 17.1 Å². The summed E-state index contributed by atoms with van der Waals surface area (Å²) in [5.41, 5.74) is 0.991. The van der Waals surface area contributed by atoms with E-state index >= 15 is 0 Å². The van der Waals surface area contributed by atoms with Gasteiger partial charge in [-0.15, -0.1) is 0 Å². The third kappa shape index (κ3) is 4.44. The summed E-state index contributed by atoms with van der Waals surface area (Å²) >= 11 is 0. The second kappa shape index (κ2) is 9.84. The summed E-state index contributed by atoms with van der Waals surface area (Å²) in [6.45, 7) is 6.30. The molecular weight excluding hydrogens is 360 g/mol. The predicted octanol–water partition coefficient (Wildman–Crippen LogP) is 1.19. The average Bonchev–Trinajstić information content (AvgIpc) is 3.24. The maximum absolute atomic E-state index is 5.58. The number of hydrogen-bond donors (Lipinski definition) is 1. The van der Waals surface area contributed by atoms with Gasteiger partial charge in [-0.05, 0) is 18.6 Å². The normalized spacial score (nSPS) is 20.9. The molecule has 2 aliphatic heterocycles. The van der Waals surface area contributed by atoms with Crippen LogP contribution in [0.1, 0.15) is 12.0 Å². The van der Waals surface area contributed by atoms with E-state index in [-0.39, 0.29) is 0 Å². The zero-order valence-electron chi connectivity index (χ0n) is 17.4.